The molecule has 2 aromatic carbocycles. The van der Waals surface area contributed by atoms with Crippen LogP contribution in [0.3, 0.4) is 0 Å². The van der Waals surface area contributed by atoms with Gasteiger partial charge in [-0.3, -0.25) is 9.79 Å². The number of halogens is 1. The van der Waals surface area contributed by atoms with E-state index in [1.54, 1.807) is 30.7 Å². The summed E-state index contributed by atoms with van der Waals surface area (Å²) in [6.07, 6.45) is 4.37. The van der Waals surface area contributed by atoms with Crippen LogP contribution in [0.15, 0.2) is 59.6 Å². The summed E-state index contributed by atoms with van der Waals surface area (Å²) in [6, 6.07) is 17.5. The zero-order valence-corrected chi connectivity index (χ0v) is 16.1. The zero-order valence-electron chi connectivity index (χ0n) is 15.3. The van der Waals surface area contributed by atoms with Crippen molar-refractivity contribution in [3.63, 3.8) is 0 Å². The number of anilines is 1. The lowest BCUT2D eigenvalue weighted by atomic mass is 10.1. The number of hydrogen-bond donors (Lipinski definition) is 1. The van der Waals surface area contributed by atoms with Gasteiger partial charge in [0.25, 0.3) is 5.91 Å². The molecule has 0 bridgehead atoms. The second-order valence-electron chi connectivity index (χ2n) is 6.54. The van der Waals surface area contributed by atoms with E-state index in [-0.39, 0.29) is 18.3 Å². The maximum atomic E-state index is 13.0. The molecule has 27 heavy (non-hydrogen) atoms. The molecule has 0 saturated heterocycles. The van der Waals surface area contributed by atoms with Crippen LogP contribution in [0, 0.1) is 0 Å². The van der Waals surface area contributed by atoms with E-state index >= 15 is 0 Å². The van der Waals surface area contributed by atoms with Gasteiger partial charge in [-0.05, 0) is 42.7 Å². The number of amides is 1. The van der Waals surface area contributed by atoms with Crippen molar-refractivity contribution in [2.24, 2.45) is 4.99 Å². The molecule has 1 aliphatic heterocycles. The molecule has 1 unspecified atom stereocenters. The fourth-order valence-electron chi connectivity index (χ4n) is 3.06. The maximum Gasteiger partial charge on any atom is 0.254 e. The van der Waals surface area contributed by atoms with Crippen LogP contribution >= 0.6 is 12.4 Å². The first-order valence-corrected chi connectivity index (χ1v) is 9.04. The molecule has 144 valence electrons. The Morgan fingerprint density at radius 3 is 2.56 bits per heavy atom. The third-order valence-corrected chi connectivity index (χ3v) is 4.54. The molecular weight excluding hydrogens is 362 g/mol. The molecular formula is C21H26ClN3O2. The highest BCUT2D eigenvalue weighted by atomic mass is 35.5. The Balaban J connectivity index is 0.00000261. The standard InChI is InChI=1S/C21H25N3O2.ClH/c22-19-10-8-18(9-11-19)21(25)24(15-17-5-2-1-3-6-17)13-4-7-20-12-14-26-16-23-20;/h1-3,5-6,8-11,16,20H,4,7,12-15,22H2;1H. The molecule has 0 aliphatic carbocycles. The third-order valence-electron chi connectivity index (χ3n) is 4.54. The molecule has 2 aromatic rings. The Hall–Kier alpha value is -2.53. The first-order valence-electron chi connectivity index (χ1n) is 9.04. The number of hydrogen-bond acceptors (Lipinski definition) is 4. The Labute approximate surface area is 166 Å². The van der Waals surface area contributed by atoms with Crippen molar-refractivity contribution in [3.05, 3.63) is 65.7 Å². The van der Waals surface area contributed by atoms with Crippen LogP contribution in [0.25, 0.3) is 0 Å². The van der Waals surface area contributed by atoms with Crippen molar-refractivity contribution in [2.45, 2.75) is 31.8 Å². The number of nitrogens with two attached hydrogens (primary N) is 1. The minimum absolute atomic E-state index is 0. The number of aliphatic imine (C=N–C) groups is 1. The number of nitrogens with zero attached hydrogens (tertiary/aromatic N) is 2. The minimum Gasteiger partial charge on any atom is -0.483 e. The van der Waals surface area contributed by atoms with Crippen molar-refractivity contribution in [1.82, 2.24) is 4.90 Å². The van der Waals surface area contributed by atoms with Gasteiger partial charge in [-0.25, -0.2) is 0 Å². The monoisotopic (exact) mass is 387 g/mol. The fraction of sp³-hybridized carbons (Fsp3) is 0.333. The van der Waals surface area contributed by atoms with E-state index in [0.29, 0.717) is 30.4 Å². The normalized spacial score (nSPS) is 15.5. The SMILES string of the molecule is Cl.Nc1ccc(C(=O)N(CCCC2CCOC=N2)Cc2ccccc2)cc1. The average Bonchev–Trinajstić information content (AvgIpc) is 2.69. The highest BCUT2D eigenvalue weighted by molar-refractivity contribution is 5.94. The Morgan fingerprint density at radius 2 is 1.89 bits per heavy atom. The zero-order chi connectivity index (χ0) is 18.2. The highest BCUT2D eigenvalue weighted by Gasteiger charge is 2.17. The fourth-order valence-corrected chi connectivity index (χ4v) is 3.06. The van der Waals surface area contributed by atoms with Crippen LogP contribution < -0.4 is 5.73 Å². The number of rotatable bonds is 7. The lowest BCUT2D eigenvalue weighted by Gasteiger charge is -2.24. The molecule has 1 atom stereocenters. The van der Waals surface area contributed by atoms with Gasteiger partial charge < -0.3 is 15.4 Å². The van der Waals surface area contributed by atoms with Crippen LogP contribution in [-0.2, 0) is 11.3 Å². The molecule has 0 radical (unpaired) electrons. The summed E-state index contributed by atoms with van der Waals surface area (Å²) in [5.74, 6) is 0.0318. The number of ether oxygens (including phenoxy) is 1. The van der Waals surface area contributed by atoms with Crippen LogP contribution in [0.5, 0.6) is 0 Å². The van der Waals surface area contributed by atoms with E-state index in [0.717, 1.165) is 31.4 Å². The van der Waals surface area contributed by atoms with E-state index in [1.165, 1.54) is 0 Å². The Bertz CT molecular complexity index is 735. The molecule has 1 amide bonds. The van der Waals surface area contributed by atoms with Gasteiger partial charge in [0.05, 0.1) is 12.6 Å². The van der Waals surface area contributed by atoms with E-state index in [2.05, 4.69) is 4.99 Å². The molecule has 0 fully saturated rings. The smallest absolute Gasteiger partial charge is 0.254 e. The van der Waals surface area contributed by atoms with Crippen LogP contribution in [0.4, 0.5) is 5.69 Å². The summed E-state index contributed by atoms with van der Waals surface area (Å²) in [6.45, 7) is 2.03. The summed E-state index contributed by atoms with van der Waals surface area (Å²) < 4.78 is 5.15. The quantitative estimate of drug-likeness (QED) is 0.732. The van der Waals surface area contributed by atoms with Crippen molar-refractivity contribution >= 4 is 30.4 Å². The van der Waals surface area contributed by atoms with Gasteiger partial charge in [0, 0.05) is 30.8 Å². The van der Waals surface area contributed by atoms with Gasteiger partial charge in [-0.2, -0.15) is 0 Å². The largest absolute Gasteiger partial charge is 0.483 e. The van der Waals surface area contributed by atoms with E-state index in [1.807, 2.05) is 35.2 Å². The predicted molar refractivity (Wildman–Crippen MR) is 111 cm³/mol. The molecule has 5 nitrogen and oxygen atoms in total. The maximum absolute atomic E-state index is 13.0. The van der Waals surface area contributed by atoms with Crippen molar-refractivity contribution in [1.29, 1.82) is 0 Å². The van der Waals surface area contributed by atoms with Gasteiger partial charge in [-0.15, -0.1) is 12.4 Å². The first kappa shape index (κ1) is 20.8. The lowest BCUT2D eigenvalue weighted by Crippen LogP contribution is -2.32. The number of nitrogen functional groups attached to an aromatic ring is 1. The Morgan fingerprint density at radius 1 is 1.15 bits per heavy atom. The van der Waals surface area contributed by atoms with Gasteiger partial charge in [0.1, 0.15) is 0 Å². The van der Waals surface area contributed by atoms with E-state index in [9.17, 15) is 4.79 Å². The molecule has 1 aliphatic rings. The minimum atomic E-state index is 0. The predicted octanol–water partition coefficient (Wildman–Crippen LogP) is 3.93. The van der Waals surface area contributed by atoms with Crippen molar-refractivity contribution in [2.75, 3.05) is 18.9 Å². The second kappa shape index (κ2) is 10.6. The summed E-state index contributed by atoms with van der Waals surface area (Å²) in [4.78, 5) is 19.2. The highest BCUT2D eigenvalue weighted by Crippen LogP contribution is 2.15. The average molecular weight is 388 g/mol. The first-order chi connectivity index (χ1) is 12.7. The lowest BCUT2D eigenvalue weighted by molar-refractivity contribution is 0.0738. The third kappa shape index (κ3) is 6.29. The van der Waals surface area contributed by atoms with Gasteiger partial charge in [0.2, 0.25) is 0 Å². The van der Waals surface area contributed by atoms with Gasteiger partial charge in [-0.1, -0.05) is 30.3 Å². The molecule has 1 heterocycles. The van der Waals surface area contributed by atoms with Crippen LogP contribution in [0.2, 0.25) is 0 Å². The van der Waals surface area contributed by atoms with Crippen molar-refractivity contribution < 1.29 is 9.53 Å². The van der Waals surface area contributed by atoms with Crippen LogP contribution in [-0.4, -0.2) is 36.4 Å². The van der Waals surface area contributed by atoms with Crippen LogP contribution in [0.1, 0.15) is 35.2 Å². The molecule has 0 spiro atoms. The summed E-state index contributed by atoms with van der Waals surface area (Å²) in [5, 5.41) is 0. The second-order valence-corrected chi connectivity index (χ2v) is 6.54. The van der Waals surface area contributed by atoms with Gasteiger partial charge >= 0.3 is 0 Å². The van der Waals surface area contributed by atoms with Crippen molar-refractivity contribution in [3.8, 4) is 0 Å². The topological polar surface area (TPSA) is 67.9 Å². The molecule has 2 N–H and O–H groups in total. The van der Waals surface area contributed by atoms with E-state index < -0.39 is 0 Å². The van der Waals surface area contributed by atoms with E-state index in [4.69, 9.17) is 10.5 Å². The molecule has 3 rings (SSSR count). The number of carbonyl (C=O) groups excluding carboxylic acids is 1. The molecule has 0 aromatic heterocycles. The summed E-state index contributed by atoms with van der Waals surface area (Å²) in [5.41, 5.74) is 8.19. The molecule has 6 heteroatoms. The number of benzene rings is 2. The number of carbonyl (C=O) groups is 1. The Kier molecular flexibility index (Phi) is 8.14. The van der Waals surface area contributed by atoms with Gasteiger partial charge in [0.15, 0.2) is 6.40 Å². The summed E-state index contributed by atoms with van der Waals surface area (Å²) in [7, 11) is 0. The summed E-state index contributed by atoms with van der Waals surface area (Å²) >= 11 is 0. The molecule has 0 saturated carbocycles.